The van der Waals surface area contributed by atoms with Crippen LogP contribution in [0.15, 0.2) is 9.70 Å². The summed E-state index contributed by atoms with van der Waals surface area (Å²) in [6.45, 7) is 9.30. The van der Waals surface area contributed by atoms with E-state index in [9.17, 15) is 19.6 Å². The number of piperidine rings is 1. The second-order valence-corrected chi connectivity index (χ2v) is 10.1. The Morgan fingerprint density at radius 2 is 1.94 bits per heavy atom. The largest absolute Gasteiger partial charge is 0.480 e. The first-order valence-electron chi connectivity index (χ1n) is 10.5. The van der Waals surface area contributed by atoms with Gasteiger partial charge in [0, 0.05) is 25.2 Å². The molecule has 0 aliphatic carbocycles. The Bertz CT molecular complexity index is 1110. The van der Waals surface area contributed by atoms with Crippen LogP contribution in [0.5, 0.6) is 0 Å². The molecule has 0 radical (unpaired) electrons. The van der Waals surface area contributed by atoms with Crippen molar-refractivity contribution in [2.24, 2.45) is 11.8 Å². The number of thiocarbonyl (C=S) groups is 1. The molecular formula is C22H26N4O4S2. The Labute approximate surface area is 196 Å². The number of thioether (sulfide) groups is 1. The molecule has 2 fully saturated rings. The molecule has 10 heteroatoms. The third kappa shape index (κ3) is 4.45. The Morgan fingerprint density at radius 1 is 1.31 bits per heavy atom. The molecule has 3 rings (SSSR count). The summed E-state index contributed by atoms with van der Waals surface area (Å²) in [7, 11) is 0. The molecule has 0 saturated carbocycles. The molecule has 8 nitrogen and oxygen atoms in total. The van der Waals surface area contributed by atoms with Gasteiger partial charge in [-0.1, -0.05) is 37.8 Å². The van der Waals surface area contributed by atoms with Crippen molar-refractivity contribution < 1.29 is 14.7 Å². The lowest BCUT2D eigenvalue weighted by Crippen LogP contribution is -2.42. The molecule has 2 unspecified atom stereocenters. The van der Waals surface area contributed by atoms with Crippen molar-refractivity contribution in [1.29, 1.82) is 5.26 Å². The molecule has 2 aliphatic rings. The fourth-order valence-electron chi connectivity index (χ4n) is 4.52. The van der Waals surface area contributed by atoms with Crippen LogP contribution in [0, 0.1) is 30.1 Å². The Balaban J connectivity index is 2.23. The number of aliphatic carboxylic acids is 1. The number of carbonyl (C=O) groups excluding carboxylic acids is 1. The van der Waals surface area contributed by atoms with E-state index in [1.807, 2.05) is 13.0 Å². The summed E-state index contributed by atoms with van der Waals surface area (Å²) in [6, 6.07) is 2.02. The van der Waals surface area contributed by atoms with E-state index >= 15 is 0 Å². The van der Waals surface area contributed by atoms with E-state index in [2.05, 4.69) is 18.7 Å². The zero-order chi connectivity index (χ0) is 23.7. The number of aromatic nitrogens is 1. The van der Waals surface area contributed by atoms with Crippen molar-refractivity contribution in [3.8, 4) is 6.07 Å². The molecule has 32 heavy (non-hydrogen) atoms. The zero-order valence-corrected chi connectivity index (χ0v) is 20.2. The van der Waals surface area contributed by atoms with Crippen molar-refractivity contribution in [2.45, 2.75) is 40.7 Å². The first kappa shape index (κ1) is 24.0. The Morgan fingerprint density at radius 3 is 2.47 bits per heavy atom. The summed E-state index contributed by atoms with van der Waals surface area (Å²) in [5, 5.41) is 18.8. The van der Waals surface area contributed by atoms with Gasteiger partial charge in [0.2, 0.25) is 0 Å². The van der Waals surface area contributed by atoms with Gasteiger partial charge in [-0.05, 0) is 43.7 Å². The van der Waals surface area contributed by atoms with Gasteiger partial charge in [-0.2, -0.15) is 5.26 Å². The van der Waals surface area contributed by atoms with E-state index < -0.39 is 18.4 Å². The van der Waals surface area contributed by atoms with Gasteiger partial charge in [-0.3, -0.25) is 23.9 Å². The standard InChI is InChI=1S/C22H26N4O4S2/c1-5-25-19(24-9-12(2)6-13(3)10-24)15(14(4)16(8-23)20(25)29)7-17-21(30)26(11-18(27)28)22(31)32-17/h7,12-13H,5-6,9-11H2,1-4H3,(H,27,28). The molecule has 1 aromatic rings. The number of carboxylic acid groups (broad SMARTS) is 1. The monoisotopic (exact) mass is 474 g/mol. The number of carbonyl (C=O) groups is 2. The predicted octanol–water partition coefficient (Wildman–Crippen LogP) is 2.82. The number of nitriles is 1. The number of amides is 1. The first-order chi connectivity index (χ1) is 15.1. The highest BCUT2D eigenvalue weighted by molar-refractivity contribution is 8.26. The SMILES string of the molecule is CCn1c(N2CC(C)CC(C)C2)c(C=C2SC(=S)N(CC(=O)O)C2=O)c(C)c(C#N)c1=O. The van der Waals surface area contributed by atoms with Gasteiger partial charge in [0.25, 0.3) is 11.5 Å². The van der Waals surface area contributed by atoms with Crippen molar-refractivity contribution in [1.82, 2.24) is 9.47 Å². The van der Waals surface area contributed by atoms with Crippen LogP contribution >= 0.6 is 24.0 Å². The number of hydrogen-bond acceptors (Lipinski definition) is 7. The van der Waals surface area contributed by atoms with E-state index in [4.69, 9.17) is 17.3 Å². The Kier molecular flexibility index (Phi) is 7.10. The summed E-state index contributed by atoms with van der Waals surface area (Å²) in [6.07, 6.45) is 2.74. The number of rotatable bonds is 5. The van der Waals surface area contributed by atoms with Gasteiger partial charge >= 0.3 is 5.97 Å². The zero-order valence-electron chi connectivity index (χ0n) is 18.5. The molecule has 0 spiro atoms. The van der Waals surface area contributed by atoms with Crippen LogP contribution in [-0.4, -0.2) is 50.4 Å². The topological polar surface area (TPSA) is 107 Å². The third-order valence-electron chi connectivity index (χ3n) is 5.77. The summed E-state index contributed by atoms with van der Waals surface area (Å²) >= 11 is 6.25. The summed E-state index contributed by atoms with van der Waals surface area (Å²) in [5.41, 5.74) is 0.830. The molecule has 2 aliphatic heterocycles. The van der Waals surface area contributed by atoms with Gasteiger partial charge < -0.3 is 10.0 Å². The molecule has 170 valence electrons. The van der Waals surface area contributed by atoms with E-state index in [1.165, 1.54) is 0 Å². The number of nitrogens with zero attached hydrogens (tertiary/aromatic N) is 4. The molecule has 1 aromatic heterocycles. The first-order valence-corrected chi connectivity index (χ1v) is 11.7. The van der Waals surface area contributed by atoms with Crippen molar-refractivity contribution in [2.75, 3.05) is 24.5 Å². The van der Waals surface area contributed by atoms with Crippen molar-refractivity contribution in [3.05, 3.63) is 31.9 Å². The van der Waals surface area contributed by atoms with Gasteiger partial charge in [0.05, 0.1) is 4.91 Å². The average Bonchev–Trinajstić information content (AvgIpc) is 2.96. The molecule has 2 saturated heterocycles. The second-order valence-electron chi connectivity index (χ2n) is 8.41. The number of pyridine rings is 1. The van der Waals surface area contributed by atoms with Crippen LogP contribution in [0.3, 0.4) is 0 Å². The number of carboxylic acids is 1. The molecule has 0 bridgehead atoms. The average molecular weight is 475 g/mol. The van der Waals surface area contributed by atoms with E-state index in [1.54, 1.807) is 17.6 Å². The highest BCUT2D eigenvalue weighted by Gasteiger charge is 2.35. The lowest BCUT2D eigenvalue weighted by atomic mass is 9.91. The molecule has 1 amide bonds. The molecule has 2 atom stereocenters. The van der Waals surface area contributed by atoms with Gasteiger partial charge in [0.15, 0.2) is 0 Å². The van der Waals surface area contributed by atoms with Crippen LogP contribution in [0.2, 0.25) is 0 Å². The lowest BCUT2D eigenvalue weighted by molar-refractivity contribution is -0.140. The van der Waals surface area contributed by atoms with Crippen LogP contribution < -0.4 is 10.5 Å². The van der Waals surface area contributed by atoms with E-state index in [-0.39, 0.29) is 20.3 Å². The second kappa shape index (κ2) is 9.46. The molecule has 0 aromatic carbocycles. The van der Waals surface area contributed by atoms with Crippen molar-refractivity contribution in [3.63, 3.8) is 0 Å². The highest BCUT2D eigenvalue weighted by Crippen LogP contribution is 2.37. The maximum absolute atomic E-state index is 13.1. The maximum atomic E-state index is 13.1. The number of anilines is 1. The van der Waals surface area contributed by atoms with Crippen LogP contribution in [0.1, 0.15) is 43.9 Å². The van der Waals surface area contributed by atoms with Gasteiger partial charge in [0.1, 0.15) is 28.3 Å². The van der Waals surface area contributed by atoms with Crippen molar-refractivity contribution >= 4 is 52.1 Å². The Hall–Kier alpha value is -2.64. The lowest BCUT2D eigenvalue weighted by Gasteiger charge is -2.38. The van der Waals surface area contributed by atoms with Crippen LogP contribution in [-0.2, 0) is 16.1 Å². The minimum atomic E-state index is -1.15. The minimum Gasteiger partial charge on any atom is -0.480 e. The third-order valence-corrected chi connectivity index (χ3v) is 7.15. The van der Waals surface area contributed by atoms with E-state index in [0.717, 1.165) is 36.2 Å². The molecule has 3 heterocycles. The quantitative estimate of drug-likeness (QED) is 0.513. The smallest absolute Gasteiger partial charge is 0.323 e. The van der Waals surface area contributed by atoms with Crippen LogP contribution in [0.25, 0.3) is 6.08 Å². The highest BCUT2D eigenvalue weighted by atomic mass is 32.2. The van der Waals surface area contributed by atoms with Gasteiger partial charge in [-0.15, -0.1) is 0 Å². The predicted molar refractivity (Wildman–Crippen MR) is 129 cm³/mol. The maximum Gasteiger partial charge on any atom is 0.323 e. The van der Waals surface area contributed by atoms with Crippen LogP contribution in [0.4, 0.5) is 5.82 Å². The summed E-state index contributed by atoms with van der Waals surface area (Å²) in [4.78, 5) is 40.6. The summed E-state index contributed by atoms with van der Waals surface area (Å²) in [5.74, 6) is -0.0905. The van der Waals surface area contributed by atoms with Gasteiger partial charge in [-0.25, -0.2) is 0 Å². The fraction of sp³-hybridized carbons (Fsp3) is 0.500. The summed E-state index contributed by atoms with van der Waals surface area (Å²) < 4.78 is 1.77. The van der Waals surface area contributed by atoms with E-state index in [0.29, 0.717) is 35.3 Å². The number of hydrogen-bond donors (Lipinski definition) is 1. The normalized spacial score (nSPS) is 22.5. The fourth-order valence-corrected chi connectivity index (χ4v) is 5.75. The minimum absolute atomic E-state index is 0.0426. The molecule has 1 N–H and O–H groups in total. The molecular weight excluding hydrogens is 448 g/mol.